The monoisotopic (exact) mass is 355 g/mol. The van der Waals surface area contributed by atoms with Gasteiger partial charge < -0.3 is 18.3 Å². The zero-order valence-corrected chi connectivity index (χ0v) is 14.8. The van der Waals surface area contributed by atoms with Gasteiger partial charge in [-0.15, -0.1) is 0 Å². The fraction of sp³-hybridized carbons (Fsp3) is 0.250. The highest BCUT2D eigenvalue weighted by atomic mass is 16.5. The molecule has 3 rings (SSSR count). The molecule has 0 saturated carbocycles. The van der Waals surface area contributed by atoms with E-state index in [9.17, 15) is 4.79 Å². The van der Waals surface area contributed by atoms with Crippen LogP contribution in [0.5, 0.6) is 5.75 Å². The number of rotatable bonds is 8. The zero-order valence-electron chi connectivity index (χ0n) is 14.8. The number of carbonyl (C=O) groups is 1. The molecule has 0 fully saturated rings. The predicted octanol–water partition coefficient (Wildman–Crippen LogP) is 3.87. The smallest absolute Gasteiger partial charge is 0.373 e. The first-order valence-electron chi connectivity index (χ1n) is 8.22. The van der Waals surface area contributed by atoms with Gasteiger partial charge in [-0.2, -0.15) is 0 Å². The largest absolute Gasteiger partial charge is 0.497 e. The molecule has 6 nitrogen and oxygen atoms in total. The second kappa shape index (κ2) is 8.40. The molecule has 136 valence electrons. The number of furan rings is 2. The van der Waals surface area contributed by atoms with Crippen LogP contribution in [0.1, 0.15) is 27.6 Å². The van der Waals surface area contributed by atoms with Crippen molar-refractivity contribution in [2.24, 2.45) is 0 Å². The Bertz CT molecular complexity index is 838. The third-order valence-corrected chi connectivity index (χ3v) is 3.93. The lowest BCUT2D eigenvalue weighted by atomic mass is 10.2. The quantitative estimate of drug-likeness (QED) is 0.572. The third kappa shape index (κ3) is 4.55. The first-order chi connectivity index (χ1) is 12.7. The fourth-order valence-electron chi connectivity index (χ4n) is 2.71. The van der Waals surface area contributed by atoms with E-state index in [1.54, 1.807) is 25.5 Å². The first kappa shape index (κ1) is 17.8. The number of nitrogens with zero attached hydrogens (tertiary/aromatic N) is 1. The molecule has 3 aromatic rings. The molecular formula is C20H21NO5. The number of hydrogen-bond donors (Lipinski definition) is 0. The van der Waals surface area contributed by atoms with E-state index in [0.29, 0.717) is 25.4 Å². The van der Waals surface area contributed by atoms with E-state index in [4.69, 9.17) is 13.6 Å². The fourth-order valence-corrected chi connectivity index (χ4v) is 2.71. The summed E-state index contributed by atoms with van der Waals surface area (Å²) in [5.74, 6) is 2.06. The van der Waals surface area contributed by atoms with E-state index in [2.05, 4.69) is 9.64 Å². The van der Waals surface area contributed by atoms with Crippen LogP contribution in [0.4, 0.5) is 0 Å². The van der Waals surface area contributed by atoms with Crippen LogP contribution in [-0.4, -0.2) is 25.1 Å². The van der Waals surface area contributed by atoms with Crippen molar-refractivity contribution >= 4 is 5.97 Å². The van der Waals surface area contributed by atoms with Crippen LogP contribution in [0.25, 0.3) is 0 Å². The van der Waals surface area contributed by atoms with E-state index >= 15 is 0 Å². The van der Waals surface area contributed by atoms with Crippen molar-refractivity contribution in [1.29, 1.82) is 0 Å². The maximum atomic E-state index is 11.6. The molecule has 0 amide bonds. The van der Waals surface area contributed by atoms with Gasteiger partial charge in [0, 0.05) is 6.54 Å². The van der Waals surface area contributed by atoms with Crippen LogP contribution in [0, 0.1) is 0 Å². The Morgan fingerprint density at radius 2 is 1.85 bits per heavy atom. The second-order valence-electron chi connectivity index (χ2n) is 5.83. The summed E-state index contributed by atoms with van der Waals surface area (Å²) in [6.07, 6.45) is 1.65. The Kier molecular flexibility index (Phi) is 5.76. The van der Waals surface area contributed by atoms with Crippen molar-refractivity contribution in [2.45, 2.75) is 19.6 Å². The molecule has 0 aliphatic rings. The van der Waals surface area contributed by atoms with Crippen molar-refractivity contribution in [2.75, 3.05) is 14.2 Å². The predicted molar refractivity (Wildman–Crippen MR) is 94.7 cm³/mol. The second-order valence-corrected chi connectivity index (χ2v) is 5.83. The Morgan fingerprint density at radius 3 is 2.58 bits per heavy atom. The van der Waals surface area contributed by atoms with Crippen molar-refractivity contribution < 1.29 is 23.1 Å². The Hall–Kier alpha value is -2.99. The number of hydrogen-bond acceptors (Lipinski definition) is 6. The van der Waals surface area contributed by atoms with Crippen molar-refractivity contribution in [3.63, 3.8) is 0 Å². The van der Waals surface area contributed by atoms with Crippen LogP contribution >= 0.6 is 0 Å². The summed E-state index contributed by atoms with van der Waals surface area (Å²) in [4.78, 5) is 13.7. The highest BCUT2D eigenvalue weighted by Gasteiger charge is 2.15. The van der Waals surface area contributed by atoms with Gasteiger partial charge in [0.2, 0.25) is 5.76 Å². The SMILES string of the molecule is COC(=O)c1ccc(CN(Cc2cccc(OC)c2)Cc2ccco2)o1. The first-order valence-corrected chi connectivity index (χ1v) is 8.22. The molecule has 0 atom stereocenters. The summed E-state index contributed by atoms with van der Waals surface area (Å²) in [7, 11) is 2.98. The van der Waals surface area contributed by atoms with Gasteiger partial charge in [0.25, 0.3) is 0 Å². The molecule has 2 heterocycles. The third-order valence-electron chi connectivity index (χ3n) is 3.93. The van der Waals surface area contributed by atoms with E-state index in [-0.39, 0.29) is 5.76 Å². The molecule has 0 bridgehead atoms. The average Bonchev–Trinajstić information content (AvgIpc) is 3.33. The number of benzene rings is 1. The van der Waals surface area contributed by atoms with Gasteiger partial charge in [-0.05, 0) is 42.0 Å². The van der Waals surface area contributed by atoms with Gasteiger partial charge in [-0.1, -0.05) is 12.1 Å². The molecule has 0 unspecified atom stereocenters. The summed E-state index contributed by atoms with van der Waals surface area (Å²) in [6, 6.07) is 15.1. The zero-order chi connectivity index (χ0) is 18.4. The molecule has 0 spiro atoms. The van der Waals surface area contributed by atoms with Gasteiger partial charge in [-0.25, -0.2) is 4.79 Å². The Labute approximate surface area is 151 Å². The summed E-state index contributed by atoms with van der Waals surface area (Å²) < 4.78 is 21.1. The molecule has 0 radical (unpaired) electrons. The van der Waals surface area contributed by atoms with Crippen molar-refractivity contribution in [1.82, 2.24) is 4.90 Å². The Balaban J connectivity index is 1.76. The molecule has 6 heteroatoms. The number of methoxy groups -OCH3 is 2. The van der Waals surface area contributed by atoms with Gasteiger partial charge in [0.05, 0.1) is 33.6 Å². The Morgan fingerprint density at radius 1 is 1.00 bits per heavy atom. The van der Waals surface area contributed by atoms with Gasteiger partial charge >= 0.3 is 5.97 Å². The van der Waals surface area contributed by atoms with Crippen LogP contribution in [0.3, 0.4) is 0 Å². The summed E-state index contributed by atoms with van der Waals surface area (Å²) in [6.45, 7) is 1.81. The molecule has 26 heavy (non-hydrogen) atoms. The number of esters is 1. The molecule has 1 aromatic carbocycles. The lowest BCUT2D eigenvalue weighted by Gasteiger charge is -2.20. The van der Waals surface area contributed by atoms with Crippen LogP contribution < -0.4 is 4.74 Å². The highest BCUT2D eigenvalue weighted by molar-refractivity contribution is 5.86. The summed E-state index contributed by atoms with van der Waals surface area (Å²) in [5.41, 5.74) is 1.11. The van der Waals surface area contributed by atoms with E-state index in [0.717, 1.165) is 17.1 Å². The minimum Gasteiger partial charge on any atom is -0.497 e. The van der Waals surface area contributed by atoms with Gasteiger partial charge in [0.1, 0.15) is 17.3 Å². The lowest BCUT2D eigenvalue weighted by Crippen LogP contribution is -2.22. The molecule has 0 aliphatic heterocycles. The maximum absolute atomic E-state index is 11.6. The normalized spacial score (nSPS) is 10.9. The molecule has 0 N–H and O–H groups in total. The van der Waals surface area contributed by atoms with E-state index in [1.165, 1.54) is 7.11 Å². The minimum atomic E-state index is -0.485. The van der Waals surface area contributed by atoms with E-state index in [1.807, 2.05) is 36.4 Å². The maximum Gasteiger partial charge on any atom is 0.373 e. The average molecular weight is 355 g/mol. The molecule has 2 aromatic heterocycles. The molecule has 0 saturated heterocycles. The van der Waals surface area contributed by atoms with E-state index < -0.39 is 5.97 Å². The van der Waals surface area contributed by atoms with Crippen molar-refractivity contribution in [3.8, 4) is 5.75 Å². The highest BCUT2D eigenvalue weighted by Crippen LogP contribution is 2.19. The van der Waals surface area contributed by atoms with Crippen LogP contribution in [0.15, 0.2) is 63.6 Å². The van der Waals surface area contributed by atoms with Crippen LogP contribution in [-0.2, 0) is 24.4 Å². The van der Waals surface area contributed by atoms with Crippen LogP contribution in [0.2, 0.25) is 0 Å². The number of carbonyl (C=O) groups excluding carboxylic acids is 1. The molecule has 0 aliphatic carbocycles. The number of ether oxygens (including phenoxy) is 2. The van der Waals surface area contributed by atoms with Gasteiger partial charge in [-0.3, -0.25) is 4.90 Å². The minimum absolute atomic E-state index is 0.196. The lowest BCUT2D eigenvalue weighted by molar-refractivity contribution is 0.0560. The summed E-state index contributed by atoms with van der Waals surface area (Å²) in [5, 5.41) is 0. The topological polar surface area (TPSA) is 65.0 Å². The summed E-state index contributed by atoms with van der Waals surface area (Å²) >= 11 is 0. The molecular weight excluding hydrogens is 334 g/mol. The van der Waals surface area contributed by atoms with Gasteiger partial charge in [0.15, 0.2) is 0 Å². The standard InChI is InChI=1S/C20H21NO5/c1-23-16-6-3-5-15(11-16)12-21(13-17-7-4-10-25-17)14-18-8-9-19(26-18)20(22)24-2/h3-11H,12-14H2,1-2H3. The van der Waals surface area contributed by atoms with Crippen molar-refractivity contribution in [3.05, 3.63) is 77.6 Å².